The summed E-state index contributed by atoms with van der Waals surface area (Å²) < 4.78 is 2.65. The quantitative estimate of drug-likeness (QED) is 0.841. The lowest BCUT2D eigenvalue weighted by atomic mass is 10.3. The van der Waals surface area contributed by atoms with E-state index in [4.69, 9.17) is 12.2 Å². The van der Waals surface area contributed by atoms with Crippen molar-refractivity contribution in [3.63, 3.8) is 0 Å². The van der Waals surface area contributed by atoms with Crippen molar-refractivity contribution >= 4 is 18.2 Å². The molecule has 0 bridgehead atoms. The highest BCUT2D eigenvalue weighted by Crippen LogP contribution is 2.13. The summed E-state index contributed by atoms with van der Waals surface area (Å²) in [7, 11) is 0. The second-order valence-electron chi connectivity index (χ2n) is 3.91. The third kappa shape index (κ3) is 2.59. The minimum absolute atomic E-state index is 0.659. The first-order valence-corrected chi connectivity index (χ1v) is 6.47. The molecule has 0 aromatic carbocycles. The molecule has 0 aliphatic heterocycles. The molecule has 5 nitrogen and oxygen atoms in total. The van der Waals surface area contributed by atoms with Crippen LogP contribution in [0.4, 0.5) is 5.95 Å². The van der Waals surface area contributed by atoms with Crippen LogP contribution in [0, 0.1) is 4.77 Å². The Bertz CT molecular complexity index is 545. The Balaban J connectivity index is 2.26. The van der Waals surface area contributed by atoms with E-state index in [1.807, 2.05) is 22.8 Å². The summed E-state index contributed by atoms with van der Waals surface area (Å²) in [6, 6.07) is 5.93. The Kier molecular flexibility index (Phi) is 4.09. The number of anilines is 1. The molecule has 1 N–H and O–H groups in total. The van der Waals surface area contributed by atoms with Crippen molar-refractivity contribution in [1.29, 1.82) is 0 Å². The predicted molar refractivity (Wildman–Crippen MR) is 74.0 cm³/mol. The van der Waals surface area contributed by atoms with Crippen molar-refractivity contribution < 1.29 is 0 Å². The highest BCUT2D eigenvalue weighted by molar-refractivity contribution is 7.71. The average molecular weight is 263 g/mol. The van der Waals surface area contributed by atoms with Crippen molar-refractivity contribution in [3.8, 4) is 0 Å². The van der Waals surface area contributed by atoms with Crippen LogP contribution < -0.4 is 4.90 Å². The summed E-state index contributed by atoms with van der Waals surface area (Å²) in [5, 5.41) is 7.14. The van der Waals surface area contributed by atoms with Crippen LogP contribution in [0.2, 0.25) is 0 Å². The van der Waals surface area contributed by atoms with Gasteiger partial charge in [-0.3, -0.25) is 9.55 Å². The van der Waals surface area contributed by atoms with Gasteiger partial charge < -0.3 is 4.90 Å². The zero-order valence-corrected chi connectivity index (χ0v) is 11.4. The molecule has 0 aliphatic carbocycles. The first-order valence-electron chi connectivity index (χ1n) is 6.06. The van der Waals surface area contributed by atoms with E-state index in [1.165, 1.54) is 0 Å². The molecule has 2 rings (SSSR count). The smallest absolute Gasteiger partial charge is 0.226 e. The van der Waals surface area contributed by atoms with Crippen molar-refractivity contribution in [2.24, 2.45) is 0 Å². The molecular weight excluding hydrogens is 246 g/mol. The van der Waals surface area contributed by atoms with Gasteiger partial charge in [-0.1, -0.05) is 6.07 Å². The number of rotatable bonds is 5. The molecule has 18 heavy (non-hydrogen) atoms. The number of nitrogens with one attached hydrogen (secondary N) is 1. The molecule has 0 saturated heterocycles. The molecule has 0 atom stereocenters. The Hall–Kier alpha value is -1.69. The van der Waals surface area contributed by atoms with Crippen LogP contribution in [-0.4, -0.2) is 26.3 Å². The number of pyridine rings is 1. The van der Waals surface area contributed by atoms with E-state index in [2.05, 4.69) is 33.9 Å². The summed E-state index contributed by atoms with van der Waals surface area (Å²) in [5.41, 5.74) is 1.02. The fourth-order valence-electron chi connectivity index (χ4n) is 1.85. The Labute approximate surface area is 111 Å². The average Bonchev–Trinajstić information content (AvgIpc) is 2.78. The molecule has 96 valence electrons. The standard InChI is InChI=1S/C12H17N5S/c1-3-16(9-10-7-5-6-8-13-10)11-14-15-12(18)17(11)4-2/h5-8H,3-4,9H2,1-2H3,(H,15,18). The van der Waals surface area contributed by atoms with Crippen molar-refractivity contribution in [2.45, 2.75) is 26.9 Å². The van der Waals surface area contributed by atoms with Crippen molar-refractivity contribution in [1.82, 2.24) is 19.7 Å². The topological polar surface area (TPSA) is 49.7 Å². The van der Waals surface area contributed by atoms with Gasteiger partial charge in [-0.05, 0) is 38.2 Å². The van der Waals surface area contributed by atoms with Gasteiger partial charge in [0.1, 0.15) is 0 Å². The number of hydrogen-bond donors (Lipinski definition) is 1. The van der Waals surface area contributed by atoms with Crippen LogP contribution in [0.5, 0.6) is 0 Å². The van der Waals surface area contributed by atoms with E-state index in [0.717, 1.165) is 31.3 Å². The highest BCUT2D eigenvalue weighted by atomic mass is 32.1. The monoisotopic (exact) mass is 263 g/mol. The van der Waals surface area contributed by atoms with Crippen LogP contribution >= 0.6 is 12.2 Å². The highest BCUT2D eigenvalue weighted by Gasteiger charge is 2.13. The summed E-state index contributed by atoms with van der Waals surface area (Å²) >= 11 is 5.21. The maximum atomic E-state index is 5.21. The fourth-order valence-corrected chi connectivity index (χ4v) is 2.10. The molecule has 0 amide bonds. The van der Waals surface area contributed by atoms with E-state index in [9.17, 15) is 0 Å². The minimum Gasteiger partial charge on any atom is -0.335 e. The van der Waals surface area contributed by atoms with Gasteiger partial charge in [-0.25, -0.2) is 5.10 Å². The Morgan fingerprint density at radius 2 is 2.22 bits per heavy atom. The minimum atomic E-state index is 0.659. The maximum Gasteiger partial charge on any atom is 0.226 e. The molecule has 0 fully saturated rings. The molecule has 0 radical (unpaired) electrons. The van der Waals surface area contributed by atoms with E-state index in [-0.39, 0.29) is 0 Å². The molecule has 0 saturated carbocycles. The number of nitrogens with zero attached hydrogens (tertiary/aromatic N) is 4. The lowest BCUT2D eigenvalue weighted by molar-refractivity contribution is 0.690. The first kappa shape index (κ1) is 12.8. The van der Waals surface area contributed by atoms with Gasteiger partial charge in [0.25, 0.3) is 0 Å². The van der Waals surface area contributed by atoms with Crippen molar-refractivity contribution in [2.75, 3.05) is 11.4 Å². The van der Waals surface area contributed by atoms with Crippen LogP contribution in [0.1, 0.15) is 19.5 Å². The van der Waals surface area contributed by atoms with Gasteiger partial charge >= 0.3 is 0 Å². The van der Waals surface area contributed by atoms with E-state index in [1.54, 1.807) is 6.20 Å². The fraction of sp³-hybridized carbons (Fsp3) is 0.417. The summed E-state index contributed by atoms with van der Waals surface area (Å²) in [6.07, 6.45) is 1.81. The molecular formula is C12H17N5S. The van der Waals surface area contributed by atoms with Gasteiger partial charge in [0.05, 0.1) is 12.2 Å². The van der Waals surface area contributed by atoms with Gasteiger partial charge in [-0.15, -0.1) is 5.10 Å². The summed E-state index contributed by atoms with van der Waals surface area (Å²) in [5.74, 6) is 0.871. The second kappa shape index (κ2) is 5.77. The molecule has 0 spiro atoms. The zero-order chi connectivity index (χ0) is 13.0. The maximum absolute atomic E-state index is 5.21. The van der Waals surface area contributed by atoms with E-state index >= 15 is 0 Å². The molecule has 6 heteroatoms. The van der Waals surface area contributed by atoms with Gasteiger partial charge in [-0.2, -0.15) is 0 Å². The number of aromatic nitrogens is 4. The van der Waals surface area contributed by atoms with Crippen LogP contribution in [-0.2, 0) is 13.1 Å². The summed E-state index contributed by atoms with van der Waals surface area (Å²) in [6.45, 7) is 6.56. The van der Waals surface area contributed by atoms with Crippen LogP contribution in [0.3, 0.4) is 0 Å². The van der Waals surface area contributed by atoms with E-state index < -0.39 is 0 Å². The van der Waals surface area contributed by atoms with Crippen LogP contribution in [0.25, 0.3) is 0 Å². The summed E-state index contributed by atoms with van der Waals surface area (Å²) in [4.78, 5) is 6.49. The SMILES string of the molecule is CCN(Cc1ccccn1)c1n[nH]c(=S)n1CC. The molecule has 2 aromatic heterocycles. The lowest BCUT2D eigenvalue weighted by Crippen LogP contribution is -2.26. The van der Waals surface area contributed by atoms with Gasteiger partial charge in [0.2, 0.25) is 5.95 Å². The molecule has 0 aliphatic rings. The third-order valence-corrected chi connectivity index (χ3v) is 3.11. The van der Waals surface area contributed by atoms with Crippen LogP contribution in [0.15, 0.2) is 24.4 Å². The number of hydrogen-bond acceptors (Lipinski definition) is 4. The lowest BCUT2D eigenvalue weighted by Gasteiger charge is -2.21. The van der Waals surface area contributed by atoms with Gasteiger partial charge in [0, 0.05) is 19.3 Å². The van der Waals surface area contributed by atoms with Crippen molar-refractivity contribution in [3.05, 3.63) is 34.9 Å². The van der Waals surface area contributed by atoms with E-state index in [0.29, 0.717) is 4.77 Å². The normalized spacial score (nSPS) is 10.6. The molecule has 2 aromatic rings. The zero-order valence-electron chi connectivity index (χ0n) is 10.6. The molecule has 0 unspecified atom stereocenters. The third-order valence-electron chi connectivity index (χ3n) is 2.80. The number of aromatic amines is 1. The Morgan fingerprint density at radius 1 is 1.39 bits per heavy atom. The second-order valence-corrected chi connectivity index (χ2v) is 4.29. The Morgan fingerprint density at radius 3 is 2.83 bits per heavy atom. The first-order chi connectivity index (χ1) is 8.76. The van der Waals surface area contributed by atoms with Gasteiger partial charge in [0.15, 0.2) is 4.77 Å². The predicted octanol–water partition coefficient (Wildman–Crippen LogP) is 2.38. The largest absolute Gasteiger partial charge is 0.335 e. The number of H-pyrrole nitrogens is 1. The molecule has 2 heterocycles.